The Morgan fingerprint density at radius 3 is 3.00 bits per heavy atom. The van der Waals surface area contributed by atoms with Crippen molar-refractivity contribution in [3.05, 3.63) is 23.3 Å². The number of rotatable bonds is 3. The molecule has 0 saturated carbocycles. The first kappa shape index (κ1) is 11.8. The van der Waals surface area contributed by atoms with Crippen molar-refractivity contribution in [1.29, 1.82) is 0 Å². The van der Waals surface area contributed by atoms with Crippen LogP contribution < -0.4 is 11.1 Å². The van der Waals surface area contributed by atoms with Gasteiger partial charge < -0.3 is 11.1 Å². The highest BCUT2D eigenvalue weighted by molar-refractivity contribution is 7.99. The van der Waals surface area contributed by atoms with Gasteiger partial charge in [0, 0.05) is 16.7 Å². The van der Waals surface area contributed by atoms with Crippen molar-refractivity contribution in [3.8, 4) is 0 Å². The average molecular weight is 236 g/mol. The second-order valence-corrected chi connectivity index (χ2v) is 5.60. The summed E-state index contributed by atoms with van der Waals surface area (Å²) >= 11 is 1.97. The van der Waals surface area contributed by atoms with Crippen molar-refractivity contribution in [2.24, 2.45) is 5.73 Å². The molecule has 2 rings (SSSR count). The van der Waals surface area contributed by atoms with Crippen LogP contribution in [0, 0.1) is 13.8 Å². The molecule has 1 aliphatic heterocycles. The van der Waals surface area contributed by atoms with Crippen LogP contribution in [0.2, 0.25) is 0 Å². The maximum atomic E-state index is 5.56. The van der Waals surface area contributed by atoms with E-state index in [4.69, 9.17) is 5.73 Å². The maximum Gasteiger partial charge on any atom is 0.0510 e. The van der Waals surface area contributed by atoms with Gasteiger partial charge in [-0.05, 0) is 50.4 Å². The van der Waals surface area contributed by atoms with E-state index in [0.29, 0.717) is 6.04 Å². The van der Waals surface area contributed by atoms with Gasteiger partial charge in [0.05, 0.1) is 5.69 Å². The number of fused-ring (bicyclic) bond motifs is 1. The Hall–Kier alpha value is -0.670. The normalized spacial score (nSPS) is 19.1. The molecule has 0 bridgehead atoms. The third kappa shape index (κ3) is 2.53. The van der Waals surface area contributed by atoms with Crippen LogP contribution in [0.25, 0.3) is 0 Å². The van der Waals surface area contributed by atoms with E-state index in [1.54, 1.807) is 0 Å². The highest BCUT2D eigenvalue weighted by Crippen LogP contribution is 2.37. The van der Waals surface area contributed by atoms with Gasteiger partial charge in [-0.15, -0.1) is 11.8 Å². The van der Waals surface area contributed by atoms with Crippen molar-refractivity contribution < 1.29 is 0 Å². The summed E-state index contributed by atoms with van der Waals surface area (Å²) in [7, 11) is 0. The lowest BCUT2D eigenvalue weighted by molar-refractivity contribution is 0.664. The molecule has 0 aliphatic carbocycles. The number of aryl methyl sites for hydroxylation is 2. The van der Waals surface area contributed by atoms with E-state index in [1.165, 1.54) is 28.1 Å². The molecule has 1 unspecified atom stereocenters. The van der Waals surface area contributed by atoms with Crippen molar-refractivity contribution in [2.75, 3.05) is 17.6 Å². The van der Waals surface area contributed by atoms with Gasteiger partial charge in [0.15, 0.2) is 0 Å². The molecule has 1 atom stereocenters. The SMILES string of the molecule is Cc1cc(C)c2c(c1)SCC(CCCN)N2. The van der Waals surface area contributed by atoms with E-state index in [1.807, 2.05) is 11.8 Å². The third-order valence-corrected chi connectivity index (χ3v) is 4.19. The van der Waals surface area contributed by atoms with Crippen LogP contribution in [0.5, 0.6) is 0 Å². The molecule has 1 heterocycles. The largest absolute Gasteiger partial charge is 0.380 e. The van der Waals surface area contributed by atoms with E-state index < -0.39 is 0 Å². The summed E-state index contributed by atoms with van der Waals surface area (Å²) in [5.41, 5.74) is 9.61. The van der Waals surface area contributed by atoms with Crippen LogP contribution in [-0.4, -0.2) is 18.3 Å². The number of hydrogen-bond acceptors (Lipinski definition) is 3. The zero-order valence-electron chi connectivity index (χ0n) is 10.0. The van der Waals surface area contributed by atoms with Crippen molar-refractivity contribution in [1.82, 2.24) is 0 Å². The molecular weight excluding hydrogens is 216 g/mol. The van der Waals surface area contributed by atoms with Crippen molar-refractivity contribution in [3.63, 3.8) is 0 Å². The Kier molecular flexibility index (Phi) is 3.77. The van der Waals surface area contributed by atoms with Crippen LogP contribution in [0.4, 0.5) is 5.69 Å². The van der Waals surface area contributed by atoms with Gasteiger partial charge in [0.1, 0.15) is 0 Å². The molecule has 0 radical (unpaired) electrons. The van der Waals surface area contributed by atoms with Crippen LogP contribution in [0.1, 0.15) is 24.0 Å². The lowest BCUT2D eigenvalue weighted by Crippen LogP contribution is -2.27. The Morgan fingerprint density at radius 2 is 2.25 bits per heavy atom. The van der Waals surface area contributed by atoms with E-state index >= 15 is 0 Å². The van der Waals surface area contributed by atoms with Crippen LogP contribution >= 0.6 is 11.8 Å². The van der Waals surface area contributed by atoms with Crippen molar-refractivity contribution >= 4 is 17.4 Å². The zero-order chi connectivity index (χ0) is 11.5. The number of hydrogen-bond donors (Lipinski definition) is 2. The first-order chi connectivity index (χ1) is 7.70. The fraction of sp³-hybridized carbons (Fsp3) is 0.538. The number of nitrogens with two attached hydrogens (primary N) is 1. The van der Waals surface area contributed by atoms with Crippen LogP contribution in [0.15, 0.2) is 17.0 Å². The predicted octanol–water partition coefficient (Wildman–Crippen LogP) is 2.93. The second-order valence-electron chi connectivity index (χ2n) is 4.54. The molecule has 0 aromatic heterocycles. The molecule has 0 amide bonds. The smallest absolute Gasteiger partial charge is 0.0510 e. The summed E-state index contributed by atoms with van der Waals surface area (Å²) in [5, 5.41) is 3.65. The van der Waals surface area contributed by atoms with Gasteiger partial charge in [-0.2, -0.15) is 0 Å². The molecule has 16 heavy (non-hydrogen) atoms. The minimum Gasteiger partial charge on any atom is -0.380 e. The van der Waals surface area contributed by atoms with Gasteiger partial charge >= 0.3 is 0 Å². The summed E-state index contributed by atoms with van der Waals surface area (Å²) in [4.78, 5) is 1.40. The molecule has 0 spiro atoms. The lowest BCUT2D eigenvalue weighted by atomic mass is 10.1. The van der Waals surface area contributed by atoms with E-state index in [-0.39, 0.29) is 0 Å². The van der Waals surface area contributed by atoms with Crippen molar-refractivity contribution in [2.45, 2.75) is 37.6 Å². The van der Waals surface area contributed by atoms with Gasteiger partial charge in [0.25, 0.3) is 0 Å². The molecule has 0 fully saturated rings. The van der Waals surface area contributed by atoms with E-state index in [0.717, 1.165) is 18.7 Å². The highest BCUT2D eigenvalue weighted by Gasteiger charge is 2.19. The predicted molar refractivity (Wildman–Crippen MR) is 72.3 cm³/mol. The Morgan fingerprint density at radius 1 is 1.44 bits per heavy atom. The number of anilines is 1. The number of benzene rings is 1. The zero-order valence-corrected chi connectivity index (χ0v) is 10.9. The highest BCUT2D eigenvalue weighted by atomic mass is 32.2. The Labute approximate surface area is 102 Å². The summed E-state index contributed by atoms with van der Waals surface area (Å²) in [6.45, 7) is 5.14. The summed E-state index contributed by atoms with van der Waals surface area (Å²) in [6.07, 6.45) is 2.29. The molecular formula is C13H20N2S. The molecule has 3 heteroatoms. The number of thioether (sulfide) groups is 1. The minimum atomic E-state index is 0.586. The second kappa shape index (κ2) is 5.11. The first-order valence-electron chi connectivity index (χ1n) is 5.91. The summed E-state index contributed by atoms with van der Waals surface area (Å²) < 4.78 is 0. The lowest BCUT2D eigenvalue weighted by Gasteiger charge is -2.28. The molecule has 3 N–H and O–H groups in total. The molecule has 88 valence electrons. The molecule has 1 aromatic rings. The van der Waals surface area contributed by atoms with Gasteiger partial charge in [-0.25, -0.2) is 0 Å². The molecule has 0 saturated heterocycles. The minimum absolute atomic E-state index is 0.586. The van der Waals surface area contributed by atoms with E-state index in [9.17, 15) is 0 Å². The van der Waals surface area contributed by atoms with Gasteiger partial charge in [-0.3, -0.25) is 0 Å². The first-order valence-corrected chi connectivity index (χ1v) is 6.90. The summed E-state index contributed by atoms with van der Waals surface area (Å²) in [6, 6.07) is 5.11. The Bertz CT molecular complexity index is 376. The fourth-order valence-electron chi connectivity index (χ4n) is 2.18. The topological polar surface area (TPSA) is 38.0 Å². The fourth-order valence-corrected chi connectivity index (χ4v) is 3.45. The quantitative estimate of drug-likeness (QED) is 0.847. The Balaban J connectivity index is 2.14. The standard InChI is InChI=1S/C13H20N2S/c1-9-6-10(2)13-12(7-9)16-8-11(15-13)4-3-5-14/h6-7,11,15H,3-5,8,14H2,1-2H3. The average Bonchev–Trinajstić information content (AvgIpc) is 2.26. The monoisotopic (exact) mass is 236 g/mol. The van der Waals surface area contributed by atoms with Crippen LogP contribution in [0.3, 0.4) is 0 Å². The van der Waals surface area contributed by atoms with Gasteiger partial charge in [-0.1, -0.05) is 6.07 Å². The molecule has 1 aromatic carbocycles. The molecule has 2 nitrogen and oxygen atoms in total. The molecule has 1 aliphatic rings. The third-order valence-electron chi connectivity index (χ3n) is 2.99. The van der Waals surface area contributed by atoms with Gasteiger partial charge in [0.2, 0.25) is 0 Å². The van der Waals surface area contributed by atoms with E-state index in [2.05, 4.69) is 31.3 Å². The summed E-state index contributed by atoms with van der Waals surface area (Å²) in [5.74, 6) is 1.16. The maximum absolute atomic E-state index is 5.56. The van der Waals surface area contributed by atoms with Crippen LogP contribution in [-0.2, 0) is 0 Å². The number of nitrogens with one attached hydrogen (secondary N) is 1.